The van der Waals surface area contributed by atoms with E-state index in [9.17, 15) is 9.59 Å². The Labute approximate surface area is 222 Å². The van der Waals surface area contributed by atoms with Gasteiger partial charge in [0.25, 0.3) is 5.91 Å². The van der Waals surface area contributed by atoms with Gasteiger partial charge in [0.05, 0.1) is 24.6 Å². The second-order valence-corrected chi connectivity index (χ2v) is 10.6. The zero-order valence-corrected chi connectivity index (χ0v) is 22.0. The van der Waals surface area contributed by atoms with Gasteiger partial charge in [-0.1, -0.05) is 30.3 Å². The SMILES string of the molecule is CC(C)(C)OC(=O)N1CCN(Cc2coc3cc(NC(=O)c4cnn(Cc5ccccc5)c4)ccc23)CC1. The molecule has 1 N–H and O–H groups in total. The van der Waals surface area contributed by atoms with Gasteiger partial charge in [0, 0.05) is 61.6 Å². The van der Waals surface area contributed by atoms with Gasteiger partial charge in [0.2, 0.25) is 0 Å². The number of hydrogen-bond acceptors (Lipinski definition) is 6. The number of anilines is 1. The predicted molar refractivity (Wildman–Crippen MR) is 145 cm³/mol. The number of benzene rings is 2. The molecule has 5 rings (SSSR count). The summed E-state index contributed by atoms with van der Waals surface area (Å²) in [4.78, 5) is 29.2. The van der Waals surface area contributed by atoms with Crippen molar-refractivity contribution in [2.24, 2.45) is 0 Å². The fraction of sp³-hybridized carbons (Fsp3) is 0.345. The van der Waals surface area contributed by atoms with Crippen LogP contribution in [-0.2, 0) is 17.8 Å². The number of fused-ring (bicyclic) bond motifs is 1. The molecule has 1 fully saturated rings. The van der Waals surface area contributed by atoms with E-state index in [1.165, 1.54) is 0 Å². The van der Waals surface area contributed by atoms with Crippen molar-refractivity contribution in [3.05, 3.63) is 83.9 Å². The first-order chi connectivity index (χ1) is 18.2. The Hall–Kier alpha value is -4.11. The Bertz CT molecular complexity index is 1410. The smallest absolute Gasteiger partial charge is 0.410 e. The van der Waals surface area contributed by atoms with E-state index in [0.29, 0.717) is 36.5 Å². The summed E-state index contributed by atoms with van der Waals surface area (Å²) >= 11 is 0. The van der Waals surface area contributed by atoms with Crippen molar-refractivity contribution in [1.29, 1.82) is 0 Å². The summed E-state index contributed by atoms with van der Waals surface area (Å²) in [5, 5.41) is 8.26. The van der Waals surface area contributed by atoms with Gasteiger partial charge in [-0.3, -0.25) is 14.4 Å². The predicted octanol–water partition coefficient (Wildman–Crippen LogP) is 4.98. The molecule has 0 aliphatic carbocycles. The maximum Gasteiger partial charge on any atom is 0.410 e. The number of aromatic nitrogens is 2. The third-order valence-electron chi connectivity index (χ3n) is 6.41. The Morgan fingerprint density at radius 3 is 2.53 bits per heavy atom. The number of amides is 2. The number of piperazine rings is 1. The zero-order chi connectivity index (χ0) is 26.7. The molecule has 4 aromatic rings. The molecular formula is C29H33N5O4. The molecule has 38 heavy (non-hydrogen) atoms. The first kappa shape index (κ1) is 25.5. The lowest BCUT2D eigenvalue weighted by atomic mass is 10.1. The third-order valence-corrected chi connectivity index (χ3v) is 6.41. The summed E-state index contributed by atoms with van der Waals surface area (Å²) in [6.45, 7) is 9.74. The van der Waals surface area contributed by atoms with Gasteiger partial charge in [0.15, 0.2) is 0 Å². The minimum atomic E-state index is -0.493. The van der Waals surface area contributed by atoms with Gasteiger partial charge in [-0.05, 0) is 38.5 Å². The molecule has 0 bridgehead atoms. The van der Waals surface area contributed by atoms with Gasteiger partial charge in [-0.25, -0.2) is 4.79 Å². The van der Waals surface area contributed by atoms with Crippen LogP contribution in [0.3, 0.4) is 0 Å². The molecule has 0 atom stereocenters. The Morgan fingerprint density at radius 2 is 1.79 bits per heavy atom. The van der Waals surface area contributed by atoms with Crippen molar-refractivity contribution >= 4 is 28.7 Å². The average Bonchev–Trinajstić information content (AvgIpc) is 3.51. The monoisotopic (exact) mass is 515 g/mol. The molecule has 2 aromatic carbocycles. The largest absolute Gasteiger partial charge is 0.464 e. The van der Waals surface area contributed by atoms with Crippen LogP contribution in [0.2, 0.25) is 0 Å². The van der Waals surface area contributed by atoms with Gasteiger partial charge in [-0.15, -0.1) is 0 Å². The van der Waals surface area contributed by atoms with Crippen molar-refractivity contribution in [3.8, 4) is 0 Å². The molecule has 1 saturated heterocycles. The normalized spacial score (nSPS) is 14.6. The lowest BCUT2D eigenvalue weighted by molar-refractivity contribution is 0.0139. The molecule has 1 aliphatic rings. The highest BCUT2D eigenvalue weighted by atomic mass is 16.6. The van der Waals surface area contributed by atoms with E-state index in [1.54, 1.807) is 28.2 Å². The first-order valence-corrected chi connectivity index (χ1v) is 12.8. The summed E-state index contributed by atoms with van der Waals surface area (Å²) in [7, 11) is 0. The molecule has 2 aromatic heterocycles. The van der Waals surface area contributed by atoms with Crippen molar-refractivity contribution in [2.45, 2.75) is 39.5 Å². The second-order valence-electron chi connectivity index (χ2n) is 10.6. The summed E-state index contributed by atoms with van der Waals surface area (Å²) in [5.74, 6) is -0.224. The van der Waals surface area contributed by atoms with Gasteiger partial charge < -0.3 is 19.4 Å². The quantitative estimate of drug-likeness (QED) is 0.389. The van der Waals surface area contributed by atoms with Crippen molar-refractivity contribution in [2.75, 3.05) is 31.5 Å². The van der Waals surface area contributed by atoms with Gasteiger partial charge in [0.1, 0.15) is 11.2 Å². The number of carbonyl (C=O) groups is 2. The lowest BCUT2D eigenvalue weighted by Crippen LogP contribution is -2.49. The van der Waals surface area contributed by atoms with Gasteiger partial charge in [-0.2, -0.15) is 5.10 Å². The molecule has 1 aliphatic heterocycles. The standard InChI is InChI=1S/C29H33N5O4/c1-29(2,3)38-28(36)33-13-11-32(12-14-33)18-23-20-37-26-15-24(9-10-25(23)26)31-27(35)22-16-30-34(19-22)17-21-7-5-4-6-8-21/h4-10,15-16,19-20H,11-14,17-18H2,1-3H3,(H,31,35). The van der Waals surface area contributed by atoms with Crippen LogP contribution >= 0.6 is 0 Å². The van der Waals surface area contributed by atoms with E-state index in [0.717, 1.165) is 36.1 Å². The molecule has 9 nitrogen and oxygen atoms in total. The van der Waals surface area contributed by atoms with E-state index < -0.39 is 5.60 Å². The number of nitrogens with zero attached hydrogens (tertiary/aromatic N) is 4. The summed E-state index contributed by atoms with van der Waals surface area (Å²) in [5.41, 5.74) is 3.56. The van der Waals surface area contributed by atoms with Crippen LogP contribution in [0.25, 0.3) is 11.0 Å². The summed E-state index contributed by atoms with van der Waals surface area (Å²) < 4.78 is 13.1. The topological polar surface area (TPSA) is 92.8 Å². The fourth-order valence-corrected chi connectivity index (χ4v) is 4.48. The van der Waals surface area contributed by atoms with Crippen molar-refractivity contribution in [1.82, 2.24) is 19.6 Å². The number of nitrogens with one attached hydrogen (secondary N) is 1. The molecule has 0 spiro atoms. The van der Waals surface area contributed by atoms with Crippen LogP contribution in [0.5, 0.6) is 0 Å². The minimum absolute atomic E-state index is 0.224. The Morgan fingerprint density at radius 1 is 1.03 bits per heavy atom. The maximum atomic E-state index is 12.8. The maximum absolute atomic E-state index is 12.8. The summed E-state index contributed by atoms with van der Waals surface area (Å²) in [6, 6.07) is 15.7. The summed E-state index contributed by atoms with van der Waals surface area (Å²) in [6.07, 6.45) is 4.83. The van der Waals surface area contributed by atoms with Crippen molar-refractivity contribution < 1.29 is 18.7 Å². The number of ether oxygens (including phenoxy) is 1. The fourth-order valence-electron chi connectivity index (χ4n) is 4.48. The molecular weight excluding hydrogens is 482 g/mol. The lowest BCUT2D eigenvalue weighted by Gasteiger charge is -2.35. The molecule has 0 unspecified atom stereocenters. The number of rotatable bonds is 6. The Balaban J connectivity index is 1.17. The molecule has 3 heterocycles. The van der Waals surface area contributed by atoms with E-state index in [1.807, 2.05) is 69.3 Å². The van der Waals surface area contributed by atoms with Crippen LogP contribution < -0.4 is 5.32 Å². The third kappa shape index (κ3) is 6.23. The molecule has 2 amide bonds. The molecule has 9 heteroatoms. The van der Waals surface area contributed by atoms with Crippen LogP contribution in [0.15, 0.2) is 71.6 Å². The minimum Gasteiger partial charge on any atom is -0.464 e. The number of hydrogen-bond donors (Lipinski definition) is 1. The van der Waals surface area contributed by atoms with E-state index in [-0.39, 0.29) is 12.0 Å². The molecule has 0 radical (unpaired) electrons. The molecule has 198 valence electrons. The van der Waals surface area contributed by atoms with E-state index in [4.69, 9.17) is 9.15 Å². The van der Waals surface area contributed by atoms with Crippen LogP contribution in [0.1, 0.15) is 42.3 Å². The highest BCUT2D eigenvalue weighted by molar-refractivity contribution is 6.04. The van der Waals surface area contributed by atoms with E-state index in [2.05, 4.69) is 15.3 Å². The number of carbonyl (C=O) groups excluding carboxylic acids is 2. The van der Waals surface area contributed by atoms with Crippen molar-refractivity contribution in [3.63, 3.8) is 0 Å². The highest BCUT2D eigenvalue weighted by Gasteiger charge is 2.26. The highest BCUT2D eigenvalue weighted by Crippen LogP contribution is 2.26. The average molecular weight is 516 g/mol. The van der Waals surface area contributed by atoms with Crippen LogP contribution in [0, 0.1) is 0 Å². The Kier molecular flexibility index (Phi) is 7.20. The number of furan rings is 1. The van der Waals surface area contributed by atoms with Gasteiger partial charge >= 0.3 is 6.09 Å². The van der Waals surface area contributed by atoms with Crippen LogP contribution in [-0.4, -0.2) is 63.4 Å². The zero-order valence-electron chi connectivity index (χ0n) is 22.0. The second kappa shape index (κ2) is 10.7. The van der Waals surface area contributed by atoms with E-state index >= 15 is 0 Å². The van der Waals surface area contributed by atoms with Crippen LogP contribution in [0.4, 0.5) is 10.5 Å². The first-order valence-electron chi connectivity index (χ1n) is 12.8. The molecule has 0 saturated carbocycles.